The van der Waals surface area contributed by atoms with Gasteiger partial charge in [0.2, 0.25) is 11.1 Å². The van der Waals surface area contributed by atoms with Gasteiger partial charge in [-0.2, -0.15) is 4.98 Å². The number of hydrogen-bond acceptors (Lipinski definition) is 7. The second-order valence-electron chi connectivity index (χ2n) is 8.13. The van der Waals surface area contributed by atoms with E-state index < -0.39 is 0 Å². The maximum atomic E-state index is 13.6. The summed E-state index contributed by atoms with van der Waals surface area (Å²) in [4.78, 5) is 18.2. The lowest BCUT2D eigenvalue weighted by atomic mass is 9.78. The van der Waals surface area contributed by atoms with E-state index in [4.69, 9.17) is 9.47 Å². The van der Waals surface area contributed by atoms with E-state index in [1.165, 1.54) is 17.3 Å². The van der Waals surface area contributed by atoms with E-state index in [0.717, 1.165) is 29.0 Å². The molecule has 0 spiro atoms. The molecule has 0 radical (unpaired) electrons. The van der Waals surface area contributed by atoms with Crippen molar-refractivity contribution in [3.63, 3.8) is 0 Å². The molecule has 0 bridgehead atoms. The van der Waals surface area contributed by atoms with E-state index in [9.17, 15) is 4.79 Å². The number of rotatable bonds is 3. The van der Waals surface area contributed by atoms with Gasteiger partial charge in [0.25, 0.3) is 0 Å². The van der Waals surface area contributed by atoms with Crippen LogP contribution in [-0.4, -0.2) is 40.0 Å². The van der Waals surface area contributed by atoms with Crippen molar-refractivity contribution in [2.75, 3.05) is 24.8 Å². The summed E-state index contributed by atoms with van der Waals surface area (Å²) >= 11 is 1.48. The second kappa shape index (κ2) is 7.70. The first-order valence-electron chi connectivity index (χ1n) is 10.7. The number of Topliss-reactive ketones (excluding diaryl/α,β-unsaturated/α-hetero) is 1. The number of ketones is 1. The lowest BCUT2D eigenvalue weighted by Gasteiger charge is -2.35. The van der Waals surface area contributed by atoms with Crippen LogP contribution < -0.4 is 14.8 Å². The predicted molar refractivity (Wildman–Crippen MR) is 121 cm³/mol. The first kappa shape index (κ1) is 19.4. The Morgan fingerprint density at radius 3 is 2.66 bits per heavy atom. The summed E-state index contributed by atoms with van der Waals surface area (Å²) in [5.74, 6) is 2.37. The minimum Gasteiger partial charge on any atom is -0.486 e. The van der Waals surface area contributed by atoms with Gasteiger partial charge in [0.15, 0.2) is 17.3 Å². The number of benzene rings is 2. The Bertz CT molecular complexity index is 1240. The number of carbonyl (C=O) groups excluding carboxylic acids is 1. The Morgan fingerprint density at radius 1 is 1.03 bits per heavy atom. The number of thioether (sulfide) groups is 1. The number of ether oxygens (including phenoxy) is 2. The van der Waals surface area contributed by atoms with Gasteiger partial charge in [0, 0.05) is 17.7 Å². The summed E-state index contributed by atoms with van der Waals surface area (Å²) in [5.41, 5.74) is 3.82. The first-order valence-corrected chi connectivity index (χ1v) is 11.9. The topological polar surface area (TPSA) is 78.3 Å². The quantitative estimate of drug-likeness (QED) is 0.605. The maximum absolute atomic E-state index is 13.6. The van der Waals surface area contributed by atoms with Crippen LogP contribution >= 0.6 is 11.8 Å². The molecule has 0 amide bonds. The molecule has 2 aromatic carbocycles. The van der Waals surface area contributed by atoms with E-state index in [-0.39, 0.29) is 17.7 Å². The van der Waals surface area contributed by atoms with Gasteiger partial charge in [-0.05, 0) is 41.9 Å². The van der Waals surface area contributed by atoms with E-state index in [1.54, 1.807) is 0 Å². The van der Waals surface area contributed by atoms with Crippen LogP contribution in [0.1, 0.15) is 35.9 Å². The van der Waals surface area contributed by atoms with Crippen molar-refractivity contribution >= 4 is 23.5 Å². The number of aromatic nitrogens is 3. The van der Waals surface area contributed by atoms with Crippen molar-refractivity contribution < 1.29 is 14.3 Å². The molecule has 3 aromatic rings. The van der Waals surface area contributed by atoms with Gasteiger partial charge in [-0.25, -0.2) is 4.68 Å². The number of fused-ring (bicyclic) bond motifs is 2. The molecule has 2 atom stereocenters. The molecule has 1 aromatic heterocycles. The molecule has 7 nitrogen and oxygen atoms in total. The third-order valence-electron chi connectivity index (χ3n) is 6.24. The Morgan fingerprint density at radius 2 is 1.84 bits per heavy atom. The van der Waals surface area contributed by atoms with E-state index in [0.29, 0.717) is 36.5 Å². The number of anilines is 1. The van der Waals surface area contributed by atoms with Crippen LogP contribution in [0.3, 0.4) is 0 Å². The molecule has 3 aliphatic rings. The summed E-state index contributed by atoms with van der Waals surface area (Å²) < 4.78 is 13.3. The molecule has 0 fully saturated rings. The normalized spacial score (nSPS) is 21.6. The van der Waals surface area contributed by atoms with Gasteiger partial charge in [-0.3, -0.25) is 4.79 Å². The molecular formula is C24H22N4O3S. The molecule has 6 rings (SSSR count). The number of carbonyl (C=O) groups is 1. The Balaban J connectivity index is 1.47. The number of nitrogens with zero attached hydrogens (tertiary/aromatic N) is 3. The molecule has 0 saturated carbocycles. The summed E-state index contributed by atoms with van der Waals surface area (Å²) in [6.45, 7) is 1.05. The largest absolute Gasteiger partial charge is 0.486 e. The van der Waals surface area contributed by atoms with Gasteiger partial charge < -0.3 is 14.8 Å². The maximum Gasteiger partial charge on any atom is 0.227 e. The number of allylic oxidation sites excluding steroid dienone is 2. The number of nitrogens with one attached hydrogen (secondary N) is 1. The van der Waals surface area contributed by atoms with Gasteiger partial charge in [-0.1, -0.05) is 48.2 Å². The SMILES string of the molecule is CSc1nc2n(n1)C(c1ccc3c(c1)OCCO3)C1=C(CC(c3ccccc3)CC1=O)N2. The predicted octanol–water partition coefficient (Wildman–Crippen LogP) is 4.19. The highest BCUT2D eigenvalue weighted by Crippen LogP contribution is 2.45. The molecule has 1 N–H and O–H groups in total. The molecule has 0 saturated heterocycles. The van der Waals surface area contributed by atoms with E-state index in [1.807, 2.05) is 47.3 Å². The number of hydrogen-bond donors (Lipinski definition) is 1. The zero-order valence-electron chi connectivity index (χ0n) is 17.6. The second-order valence-corrected chi connectivity index (χ2v) is 8.90. The van der Waals surface area contributed by atoms with Crippen LogP contribution in [0.2, 0.25) is 0 Å². The van der Waals surface area contributed by atoms with Crippen molar-refractivity contribution in [1.82, 2.24) is 14.8 Å². The lowest BCUT2D eigenvalue weighted by molar-refractivity contribution is -0.116. The first-order chi connectivity index (χ1) is 15.7. The van der Waals surface area contributed by atoms with Crippen LogP contribution in [0, 0.1) is 0 Å². The molecule has 2 aliphatic heterocycles. The fourth-order valence-corrected chi connectivity index (χ4v) is 5.13. The van der Waals surface area contributed by atoms with Crippen molar-refractivity contribution in [3.8, 4) is 11.5 Å². The molecule has 2 unspecified atom stereocenters. The average molecular weight is 447 g/mol. The van der Waals surface area contributed by atoms with Crippen LogP contribution in [0.4, 0.5) is 5.95 Å². The Kier molecular flexibility index (Phi) is 4.68. The minimum atomic E-state index is -0.352. The third-order valence-corrected chi connectivity index (χ3v) is 6.77. The van der Waals surface area contributed by atoms with Crippen LogP contribution in [0.5, 0.6) is 11.5 Å². The summed E-state index contributed by atoms with van der Waals surface area (Å²) in [6.07, 6.45) is 3.18. The highest BCUT2D eigenvalue weighted by atomic mass is 32.2. The van der Waals surface area contributed by atoms with Gasteiger partial charge in [0.1, 0.15) is 19.3 Å². The highest BCUT2D eigenvalue weighted by molar-refractivity contribution is 7.98. The third kappa shape index (κ3) is 3.17. The van der Waals surface area contributed by atoms with E-state index in [2.05, 4.69) is 27.5 Å². The smallest absolute Gasteiger partial charge is 0.227 e. The van der Waals surface area contributed by atoms with Crippen LogP contribution in [-0.2, 0) is 4.79 Å². The standard InChI is InChI=1S/C24H22N4O3S/c1-32-24-26-23-25-17-11-16(14-5-3-2-4-6-14)12-18(29)21(17)22(28(23)27-24)15-7-8-19-20(13-15)31-10-9-30-19/h2-8,13,16,22H,9-12H2,1H3,(H,25,26,27). The molecule has 1 aliphatic carbocycles. The average Bonchev–Trinajstić information content (AvgIpc) is 3.25. The highest BCUT2D eigenvalue weighted by Gasteiger charge is 2.40. The summed E-state index contributed by atoms with van der Waals surface area (Å²) in [6, 6.07) is 15.8. The fourth-order valence-electron chi connectivity index (χ4n) is 4.78. The van der Waals surface area contributed by atoms with Crippen molar-refractivity contribution in [3.05, 3.63) is 70.9 Å². The monoisotopic (exact) mass is 446 g/mol. The zero-order chi connectivity index (χ0) is 21.7. The lowest BCUT2D eigenvalue weighted by Crippen LogP contribution is -2.33. The Labute approximate surface area is 189 Å². The molecule has 3 heterocycles. The van der Waals surface area contributed by atoms with Gasteiger partial charge in [-0.15, -0.1) is 5.10 Å². The molecular weight excluding hydrogens is 424 g/mol. The van der Waals surface area contributed by atoms with E-state index >= 15 is 0 Å². The molecule has 8 heteroatoms. The molecule has 32 heavy (non-hydrogen) atoms. The van der Waals surface area contributed by atoms with Crippen molar-refractivity contribution in [2.24, 2.45) is 0 Å². The Hall–Kier alpha value is -3.26. The van der Waals surface area contributed by atoms with Crippen molar-refractivity contribution in [2.45, 2.75) is 30.0 Å². The van der Waals surface area contributed by atoms with Crippen LogP contribution in [0.25, 0.3) is 0 Å². The summed E-state index contributed by atoms with van der Waals surface area (Å²) in [7, 11) is 0. The summed E-state index contributed by atoms with van der Waals surface area (Å²) in [5, 5.41) is 8.78. The van der Waals surface area contributed by atoms with Crippen LogP contribution in [0.15, 0.2) is 65.0 Å². The van der Waals surface area contributed by atoms with Gasteiger partial charge in [0.05, 0.1) is 0 Å². The van der Waals surface area contributed by atoms with Gasteiger partial charge >= 0.3 is 0 Å². The molecule has 162 valence electrons. The minimum absolute atomic E-state index is 0.138. The zero-order valence-corrected chi connectivity index (χ0v) is 18.4. The van der Waals surface area contributed by atoms with Crippen molar-refractivity contribution in [1.29, 1.82) is 0 Å². The fraction of sp³-hybridized carbons (Fsp3) is 0.292.